The molecule has 20 heavy (non-hydrogen) atoms. The van der Waals surface area contributed by atoms with Gasteiger partial charge in [-0.1, -0.05) is 12.8 Å². The fourth-order valence-corrected chi connectivity index (χ4v) is 2.44. The smallest absolute Gasteiger partial charge is 0.316 e. The number of aromatic nitrogens is 2. The van der Waals surface area contributed by atoms with E-state index in [1.807, 2.05) is 13.1 Å². The van der Waals surface area contributed by atoms with Crippen molar-refractivity contribution in [2.45, 2.75) is 65.5 Å². The summed E-state index contributed by atoms with van der Waals surface area (Å²) in [6, 6.07) is 0.522. The summed E-state index contributed by atoms with van der Waals surface area (Å²) >= 11 is 0. The zero-order chi connectivity index (χ0) is 14.6. The van der Waals surface area contributed by atoms with Gasteiger partial charge >= 0.3 is 6.01 Å². The van der Waals surface area contributed by atoms with E-state index in [1.165, 1.54) is 25.7 Å². The lowest BCUT2D eigenvalue weighted by Crippen LogP contribution is -2.35. The highest BCUT2D eigenvalue weighted by Gasteiger charge is 2.16. The molecular weight excluding hydrogens is 250 g/mol. The molecular formula is C16H27N3O. The second-order valence-corrected chi connectivity index (χ2v) is 6.83. The van der Waals surface area contributed by atoms with Gasteiger partial charge in [-0.2, -0.15) is 0 Å². The summed E-state index contributed by atoms with van der Waals surface area (Å²) in [6.07, 6.45) is 7.13. The molecule has 1 aliphatic rings. The van der Waals surface area contributed by atoms with E-state index in [1.54, 1.807) is 0 Å². The molecule has 1 heterocycles. The quantitative estimate of drug-likeness (QED) is 0.897. The van der Waals surface area contributed by atoms with Crippen LogP contribution in [0.1, 0.15) is 57.7 Å². The maximum Gasteiger partial charge on any atom is 0.316 e. The molecule has 112 valence electrons. The third kappa shape index (κ3) is 4.75. The molecule has 0 aromatic carbocycles. The third-order valence-electron chi connectivity index (χ3n) is 3.79. The van der Waals surface area contributed by atoms with E-state index < -0.39 is 0 Å². The van der Waals surface area contributed by atoms with Gasteiger partial charge in [-0.25, -0.2) is 9.97 Å². The van der Waals surface area contributed by atoms with E-state index >= 15 is 0 Å². The van der Waals surface area contributed by atoms with Gasteiger partial charge in [-0.15, -0.1) is 0 Å². The van der Waals surface area contributed by atoms with Crippen LogP contribution in [0.25, 0.3) is 0 Å². The number of aryl methyl sites for hydroxylation is 1. The van der Waals surface area contributed by atoms with Crippen molar-refractivity contribution in [1.29, 1.82) is 0 Å². The number of rotatable bonds is 5. The Kier molecular flexibility index (Phi) is 4.97. The lowest BCUT2D eigenvalue weighted by molar-refractivity contribution is 0.233. The molecule has 0 radical (unpaired) electrons. The average molecular weight is 277 g/mol. The molecule has 1 fully saturated rings. The van der Waals surface area contributed by atoms with Gasteiger partial charge in [0.1, 0.15) is 0 Å². The van der Waals surface area contributed by atoms with Crippen molar-refractivity contribution in [2.75, 3.05) is 6.61 Å². The average Bonchev–Trinajstić information content (AvgIpc) is 2.87. The van der Waals surface area contributed by atoms with Crippen LogP contribution in [0.15, 0.2) is 6.20 Å². The minimum Gasteiger partial charge on any atom is -0.463 e. The molecule has 0 bridgehead atoms. The maximum atomic E-state index is 5.73. The zero-order valence-electron chi connectivity index (χ0n) is 13.2. The molecule has 0 aliphatic heterocycles. The SMILES string of the molecule is Cc1nc(OCC2CCCC2)ncc1CNC(C)(C)C. The Morgan fingerprint density at radius 3 is 2.60 bits per heavy atom. The first-order valence-corrected chi connectivity index (χ1v) is 7.64. The highest BCUT2D eigenvalue weighted by Crippen LogP contribution is 2.25. The maximum absolute atomic E-state index is 5.73. The molecule has 1 aromatic heterocycles. The Morgan fingerprint density at radius 1 is 1.30 bits per heavy atom. The number of hydrogen-bond donors (Lipinski definition) is 1. The van der Waals surface area contributed by atoms with Gasteiger partial charge in [0.2, 0.25) is 0 Å². The van der Waals surface area contributed by atoms with E-state index in [-0.39, 0.29) is 5.54 Å². The molecule has 0 atom stereocenters. The lowest BCUT2D eigenvalue weighted by Gasteiger charge is -2.21. The number of nitrogens with one attached hydrogen (secondary N) is 1. The molecule has 1 saturated carbocycles. The van der Waals surface area contributed by atoms with Gasteiger partial charge in [0.25, 0.3) is 0 Å². The molecule has 1 aromatic rings. The van der Waals surface area contributed by atoms with Crippen molar-refractivity contribution >= 4 is 0 Å². The minimum atomic E-state index is 0.101. The summed E-state index contributed by atoms with van der Waals surface area (Å²) in [6.45, 7) is 10.0. The molecule has 1 aliphatic carbocycles. The molecule has 0 saturated heterocycles. The van der Waals surface area contributed by atoms with Crippen LogP contribution in [0.5, 0.6) is 6.01 Å². The Labute approximate surface area is 122 Å². The minimum absolute atomic E-state index is 0.101. The van der Waals surface area contributed by atoms with E-state index in [4.69, 9.17) is 4.74 Å². The largest absolute Gasteiger partial charge is 0.463 e. The molecule has 0 unspecified atom stereocenters. The molecule has 4 nitrogen and oxygen atoms in total. The predicted octanol–water partition coefficient (Wildman–Crippen LogP) is 3.24. The molecule has 2 rings (SSSR count). The number of nitrogens with zero attached hydrogens (tertiary/aromatic N) is 2. The second-order valence-electron chi connectivity index (χ2n) is 6.83. The van der Waals surface area contributed by atoms with Gasteiger partial charge in [-0.05, 0) is 46.5 Å². The summed E-state index contributed by atoms with van der Waals surface area (Å²) in [5.74, 6) is 0.695. The zero-order valence-corrected chi connectivity index (χ0v) is 13.2. The first-order chi connectivity index (χ1) is 9.44. The Bertz CT molecular complexity index is 434. The molecule has 1 N–H and O–H groups in total. The van der Waals surface area contributed by atoms with Crippen LogP contribution < -0.4 is 10.1 Å². The predicted molar refractivity (Wildman–Crippen MR) is 80.8 cm³/mol. The van der Waals surface area contributed by atoms with Crippen LogP contribution >= 0.6 is 0 Å². The van der Waals surface area contributed by atoms with Gasteiger partial charge < -0.3 is 10.1 Å². The van der Waals surface area contributed by atoms with Gasteiger partial charge in [0, 0.05) is 29.5 Å². The Morgan fingerprint density at radius 2 is 2.00 bits per heavy atom. The van der Waals surface area contributed by atoms with Crippen molar-refractivity contribution in [3.05, 3.63) is 17.5 Å². The van der Waals surface area contributed by atoms with Crippen molar-refractivity contribution < 1.29 is 4.74 Å². The van der Waals surface area contributed by atoms with Crippen LogP contribution in [0, 0.1) is 12.8 Å². The van der Waals surface area contributed by atoms with E-state index in [0.29, 0.717) is 11.9 Å². The second kappa shape index (κ2) is 6.53. The lowest BCUT2D eigenvalue weighted by atomic mass is 10.1. The summed E-state index contributed by atoms with van der Waals surface area (Å²) in [5.41, 5.74) is 2.23. The first kappa shape index (κ1) is 15.2. The van der Waals surface area contributed by atoms with E-state index in [2.05, 4.69) is 36.1 Å². The summed E-state index contributed by atoms with van der Waals surface area (Å²) < 4.78 is 5.73. The van der Waals surface area contributed by atoms with Gasteiger partial charge in [0.15, 0.2) is 0 Å². The van der Waals surface area contributed by atoms with Gasteiger partial charge in [-0.3, -0.25) is 0 Å². The number of hydrogen-bond acceptors (Lipinski definition) is 4. The van der Waals surface area contributed by atoms with Crippen LogP contribution in [0.2, 0.25) is 0 Å². The van der Waals surface area contributed by atoms with E-state index in [0.717, 1.165) is 24.4 Å². The van der Waals surface area contributed by atoms with Gasteiger partial charge in [0.05, 0.1) is 6.61 Å². The Balaban J connectivity index is 1.88. The summed E-state index contributed by atoms with van der Waals surface area (Å²) in [4.78, 5) is 8.79. The first-order valence-electron chi connectivity index (χ1n) is 7.64. The highest BCUT2D eigenvalue weighted by atomic mass is 16.5. The van der Waals surface area contributed by atoms with Crippen LogP contribution in [0.3, 0.4) is 0 Å². The van der Waals surface area contributed by atoms with Crippen LogP contribution in [-0.4, -0.2) is 22.1 Å². The molecule has 0 spiro atoms. The van der Waals surface area contributed by atoms with Crippen molar-refractivity contribution in [1.82, 2.24) is 15.3 Å². The monoisotopic (exact) mass is 277 g/mol. The third-order valence-corrected chi connectivity index (χ3v) is 3.79. The molecule has 4 heteroatoms. The van der Waals surface area contributed by atoms with Crippen molar-refractivity contribution in [2.24, 2.45) is 5.92 Å². The Hall–Kier alpha value is -1.16. The van der Waals surface area contributed by atoms with Crippen molar-refractivity contribution in [3.8, 4) is 6.01 Å². The highest BCUT2D eigenvalue weighted by molar-refractivity contribution is 5.17. The topological polar surface area (TPSA) is 47.0 Å². The fourth-order valence-electron chi connectivity index (χ4n) is 2.44. The molecule has 0 amide bonds. The van der Waals surface area contributed by atoms with E-state index in [9.17, 15) is 0 Å². The van der Waals surface area contributed by atoms with Crippen molar-refractivity contribution in [3.63, 3.8) is 0 Å². The fraction of sp³-hybridized carbons (Fsp3) is 0.750. The normalized spacial score (nSPS) is 16.6. The van der Waals surface area contributed by atoms with Crippen LogP contribution in [-0.2, 0) is 6.54 Å². The van der Waals surface area contributed by atoms with Crippen LogP contribution in [0.4, 0.5) is 0 Å². The summed E-state index contributed by atoms with van der Waals surface area (Å²) in [5, 5.41) is 3.45. The standard InChI is InChI=1S/C16H27N3O/c1-12-14(10-18-16(2,3)4)9-17-15(19-12)20-11-13-7-5-6-8-13/h9,13,18H,5-8,10-11H2,1-4H3. The summed E-state index contributed by atoms with van der Waals surface area (Å²) in [7, 11) is 0. The number of ether oxygens (including phenoxy) is 1.